The number of hydrogen-bond donors (Lipinski definition) is 3. The van der Waals surface area contributed by atoms with Gasteiger partial charge in [-0.2, -0.15) is 5.26 Å². The number of pyridine rings is 1. The van der Waals surface area contributed by atoms with E-state index < -0.39 is 18.0 Å². The van der Waals surface area contributed by atoms with Crippen LogP contribution in [0.4, 0.5) is 26.2 Å². The van der Waals surface area contributed by atoms with E-state index in [0.717, 1.165) is 5.56 Å². The van der Waals surface area contributed by atoms with Gasteiger partial charge in [0, 0.05) is 41.1 Å². The molecule has 3 heterocycles. The average molecular weight is 652 g/mol. The number of carboxylic acid groups (broad SMARTS) is 1. The van der Waals surface area contributed by atoms with E-state index in [2.05, 4.69) is 32.0 Å². The zero-order valence-electron chi connectivity index (χ0n) is 22.7. The number of fused-ring (bicyclic) bond motifs is 1. The van der Waals surface area contributed by atoms with Crippen LogP contribution in [0.1, 0.15) is 35.3 Å². The van der Waals surface area contributed by atoms with Gasteiger partial charge in [-0.3, -0.25) is 4.98 Å². The van der Waals surface area contributed by atoms with E-state index in [-0.39, 0.29) is 16.6 Å². The van der Waals surface area contributed by atoms with E-state index in [9.17, 15) is 19.6 Å². The van der Waals surface area contributed by atoms with Gasteiger partial charge in [-0.25, -0.2) is 13.9 Å². The summed E-state index contributed by atoms with van der Waals surface area (Å²) >= 11 is 18.9. The van der Waals surface area contributed by atoms with Crippen LogP contribution in [0.15, 0.2) is 67.0 Å². The number of halogens is 4. The van der Waals surface area contributed by atoms with Crippen LogP contribution in [0.25, 0.3) is 10.9 Å². The van der Waals surface area contributed by atoms with E-state index in [1.165, 1.54) is 29.3 Å². The Morgan fingerprint density at radius 2 is 1.86 bits per heavy atom. The lowest BCUT2D eigenvalue weighted by atomic mass is 10.0. The minimum absolute atomic E-state index is 0.0700. The van der Waals surface area contributed by atoms with Crippen molar-refractivity contribution in [3.05, 3.63) is 105 Å². The van der Waals surface area contributed by atoms with Gasteiger partial charge in [0.1, 0.15) is 17.6 Å². The molecule has 5 aromatic rings. The van der Waals surface area contributed by atoms with Gasteiger partial charge in [0.15, 0.2) is 0 Å². The molecule has 0 saturated carbocycles. The van der Waals surface area contributed by atoms with Gasteiger partial charge in [-0.15, -0.1) is 5.10 Å². The minimum Gasteiger partial charge on any atom is -0.465 e. The van der Waals surface area contributed by atoms with Crippen LogP contribution < -0.4 is 10.6 Å². The number of nitrogens with one attached hydrogen (secondary N) is 2. The van der Waals surface area contributed by atoms with Gasteiger partial charge in [0.25, 0.3) is 0 Å². The van der Waals surface area contributed by atoms with Gasteiger partial charge in [-0.05, 0) is 54.4 Å². The Morgan fingerprint density at radius 3 is 2.57 bits per heavy atom. The number of benzene rings is 3. The van der Waals surface area contributed by atoms with Crippen LogP contribution in [-0.4, -0.2) is 49.2 Å². The van der Waals surface area contributed by atoms with E-state index >= 15 is 0 Å². The zero-order valence-corrected chi connectivity index (χ0v) is 24.9. The second kappa shape index (κ2) is 12.2. The van der Waals surface area contributed by atoms with Crippen molar-refractivity contribution in [3.8, 4) is 6.07 Å². The molecule has 1 aliphatic rings. The van der Waals surface area contributed by atoms with E-state index in [4.69, 9.17) is 34.8 Å². The molecule has 3 N–H and O–H groups in total. The number of carbonyl (C=O) groups is 1. The molecular formula is C30H22Cl3FN8O2. The monoisotopic (exact) mass is 650 g/mol. The van der Waals surface area contributed by atoms with Crippen LogP contribution >= 0.6 is 34.8 Å². The summed E-state index contributed by atoms with van der Waals surface area (Å²) in [5.41, 5.74) is 3.59. The van der Waals surface area contributed by atoms with Crippen LogP contribution in [0.2, 0.25) is 15.1 Å². The average Bonchev–Trinajstić information content (AvgIpc) is 3.69. The largest absolute Gasteiger partial charge is 0.465 e. The maximum Gasteiger partial charge on any atom is 0.407 e. The Balaban J connectivity index is 1.39. The molecule has 1 saturated heterocycles. The third-order valence-electron chi connectivity index (χ3n) is 7.38. The lowest BCUT2D eigenvalue weighted by Crippen LogP contribution is -2.27. The fraction of sp³-hybridized carbons (Fsp3) is 0.167. The van der Waals surface area contributed by atoms with Crippen molar-refractivity contribution < 1.29 is 14.3 Å². The second-order valence-corrected chi connectivity index (χ2v) is 11.4. The topological polar surface area (TPSA) is 132 Å². The third kappa shape index (κ3) is 5.92. The lowest BCUT2D eigenvalue weighted by molar-refractivity contribution is 0.154. The highest BCUT2D eigenvalue weighted by Crippen LogP contribution is 2.37. The summed E-state index contributed by atoms with van der Waals surface area (Å²) in [4.78, 5) is 17.2. The molecule has 0 aliphatic carbocycles. The second-order valence-electron chi connectivity index (χ2n) is 10.2. The van der Waals surface area contributed by atoms with E-state index in [1.54, 1.807) is 35.1 Å². The molecule has 1 aliphatic heterocycles. The van der Waals surface area contributed by atoms with Crippen LogP contribution in [0.5, 0.6) is 0 Å². The van der Waals surface area contributed by atoms with Crippen molar-refractivity contribution in [2.75, 3.05) is 23.7 Å². The first-order valence-electron chi connectivity index (χ1n) is 13.4. The molecule has 1 amide bonds. The highest BCUT2D eigenvalue weighted by Gasteiger charge is 2.29. The summed E-state index contributed by atoms with van der Waals surface area (Å²) in [6, 6.07) is 16.4. The Morgan fingerprint density at radius 1 is 1.09 bits per heavy atom. The first-order valence-corrected chi connectivity index (χ1v) is 14.5. The van der Waals surface area contributed by atoms with Crippen molar-refractivity contribution in [1.82, 2.24) is 24.9 Å². The molecule has 0 radical (unpaired) electrons. The van der Waals surface area contributed by atoms with Gasteiger partial charge in [0.05, 0.1) is 45.1 Å². The predicted octanol–water partition coefficient (Wildman–Crippen LogP) is 7.67. The molecule has 10 nitrogen and oxygen atoms in total. The molecular weight excluding hydrogens is 630 g/mol. The number of amides is 1. The molecule has 14 heteroatoms. The Hall–Kier alpha value is -4.63. The van der Waals surface area contributed by atoms with Gasteiger partial charge < -0.3 is 20.6 Å². The Labute approximate surface area is 265 Å². The molecule has 1 fully saturated rings. The summed E-state index contributed by atoms with van der Waals surface area (Å²) in [6.07, 6.45) is 2.87. The van der Waals surface area contributed by atoms with Crippen LogP contribution in [-0.2, 0) is 0 Å². The summed E-state index contributed by atoms with van der Waals surface area (Å²) < 4.78 is 15.5. The van der Waals surface area contributed by atoms with Crippen molar-refractivity contribution in [2.24, 2.45) is 0 Å². The Bertz CT molecular complexity index is 1930. The number of hydrogen-bond acceptors (Lipinski definition) is 7. The number of rotatable bonds is 7. The highest BCUT2D eigenvalue weighted by atomic mass is 35.5. The fourth-order valence-corrected chi connectivity index (χ4v) is 5.74. The van der Waals surface area contributed by atoms with Crippen molar-refractivity contribution in [3.63, 3.8) is 0 Å². The van der Waals surface area contributed by atoms with E-state index in [0.29, 0.717) is 63.2 Å². The van der Waals surface area contributed by atoms with Crippen molar-refractivity contribution in [1.29, 1.82) is 5.26 Å². The van der Waals surface area contributed by atoms with Gasteiger partial charge >= 0.3 is 6.09 Å². The zero-order chi connectivity index (χ0) is 31.0. The smallest absolute Gasteiger partial charge is 0.407 e. The molecule has 2 atom stereocenters. The molecule has 3 aromatic carbocycles. The molecule has 222 valence electrons. The normalized spacial score (nSPS) is 15.2. The first-order chi connectivity index (χ1) is 21.2. The fourth-order valence-electron chi connectivity index (χ4n) is 5.16. The third-order valence-corrected chi connectivity index (χ3v) is 8.21. The minimum atomic E-state index is -0.966. The van der Waals surface area contributed by atoms with Gasteiger partial charge in [-0.1, -0.05) is 52.1 Å². The van der Waals surface area contributed by atoms with Crippen molar-refractivity contribution >= 4 is 68.9 Å². The van der Waals surface area contributed by atoms with Crippen molar-refractivity contribution in [2.45, 2.75) is 18.5 Å². The molecule has 2 aromatic heterocycles. The summed E-state index contributed by atoms with van der Waals surface area (Å²) in [6.45, 7) is 0.740. The quantitative estimate of drug-likeness (QED) is 0.163. The summed E-state index contributed by atoms with van der Waals surface area (Å²) in [7, 11) is 0. The first kappa shape index (κ1) is 29.4. The summed E-state index contributed by atoms with van der Waals surface area (Å²) in [5.74, 6) is -0.566. The molecule has 0 bridgehead atoms. The molecule has 6 rings (SSSR count). The number of aromatic nitrogens is 4. The van der Waals surface area contributed by atoms with Gasteiger partial charge in [0.2, 0.25) is 0 Å². The standard InChI is InChI=1S/C30H22Cl3FN8O2/c31-18-3-1-16(2-4-18)28(26-15-42(40-39-26)21-7-8-41(14-21)30(43)44)38-20-9-22-27(37-19-5-6-25(34)23(32)10-19)17(12-35)13-36-29(22)24(33)11-20/h1-6,9-11,13,15,21,28,38H,7-8,14H2,(H,36,37)(H,43,44)/t21-,28?/m0/s1. The predicted molar refractivity (Wildman–Crippen MR) is 166 cm³/mol. The number of nitriles is 1. The number of likely N-dealkylation sites (tertiary alicyclic amines) is 1. The number of anilines is 3. The Kier molecular flexibility index (Phi) is 8.14. The molecule has 0 spiro atoms. The molecule has 1 unspecified atom stereocenters. The van der Waals surface area contributed by atoms with E-state index in [1.807, 2.05) is 12.1 Å². The number of nitrogens with zero attached hydrogens (tertiary/aromatic N) is 6. The van der Waals surface area contributed by atoms with Crippen LogP contribution in [0, 0.1) is 17.1 Å². The maximum absolute atomic E-state index is 13.8. The molecule has 44 heavy (non-hydrogen) atoms. The van der Waals surface area contributed by atoms with Crippen LogP contribution in [0.3, 0.4) is 0 Å². The maximum atomic E-state index is 13.8. The SMILES string of the molecule is N#Cc1cnc2c(Cl)cc(NC(c3ccc(Cl)cc3)c3cn([C@H]4CCN(C(=O)O)C4)nn3)cc2c1Nc1ccc(F)c(Cl)c1. The highest BCUT2D eigenvalue weighted by molar-refractivity contribution is 6.36. The summed E-state index contributed by atoms with van der Waals surface area (Å²) in [5, 5.41) is 36.0. The lowest BCUT2D eigenvalue weighted by Gasteiger charge is -2.20.